The van der Waals surface area contributed by atoms with Crippen LogP contribution in [0.3, 0.4) is 0 Å². The van der Waals surface area contributed by atoms with Gasteiger partial charge in [0.2, 0.25) is 5.95 Å². The van der Waals surface area contributed by atoms with E-state index in [2.05, 4.69) is 43.8 Å². The summed E-state index contributed by atoms with van der Waals surface area (Å²) in [7, 11) is 1.46. The van der Waals surface area contributed by atoms with Gasteiger partial charge in [0.15, 0.2) is 5.82 Å². The molecule has 0 spiro atoms. The number of likely N-dealkylation sites (N-methyl/N-ethyl adjacent to an activating group) is 1. The molecule has 1 aromatic heterocycles. The second-order valence-corrected chi connectivity index (χ2v) is 14.6. The molecular formula is C29H39ClN7O2P. The van der Waals surface area contributed by atoms with Crippen molar-refractivity contribution in [3.8, 4) is 5.75 Å². The number of halogens is 1. The lowest BCUT2D eigenvalue weighted by atomic mass is 10.0. The van der Waals surface area contributed by atoms with Gasteiger partial charge in [0.1, 0.15) is 17.9 Å². The monoisotopic (exact) mass is 583 g/mol. The second-order valence-electron chi connectivity index (χ2n) is 11.0. The molecule has 2 aliphatic heterocycles. The first-order valence-corrected chi connectivity index (χ1v) is 16.7. The van der Waals surface area contributed by atoms with Gasteiger partial charge in [-0.05, 0) is 69.6 Å². The van der Waals surface area contributed by atoms with Gasteiger partial charge < -0.3 is 24.8 Å². The minimum atomic E-state index is -2.41. The number of ether oxygens (including phenoxy) is 1. The minimum absolute atomic E-state index is 0.117. The molecule has 0 bridgehead atoms. The van der Waals surface area contributed by atoms with Crippen molar-refractivity contribution in [2.75, 3.05) is 82.3 Å². The minimum Gasteiger partial charge on any atom is -0.494 e. The van der Waals surface area contributed by atoms with Crippen molar-refractivity contribution < 1.29 is 9.30 Å². The fourth-order valence-corrected chi connectivity index (χ4v) is 6.63. The first-order chi connectivity index (χ1) is 19.1. The molecule has 3 aromatic rings. The Bertz CT molecular complexity index is 1370. The molecule has 0 atom stereocenters. The Morgan fingerprint density at radius 3 is 2.33 bits per heavy atom. The Balaban J connectivity index is 1.44. The molecule has 2 aromatic carbocycles. The maximum Gasteiger partial charge on any atom is 0.222 e. The molecule has 3 heterocycles. The van der Waals surface area contributed by atoms with E-state index in [0.717, 1.165) is 74.5 Å². The van der Waals surface area contributed by atoms with E-state index in [1.165, 1.54) is 6.20 Å². The molecule has 2 fully saturated rings. The number of nitrogens with zero attached hydrogens (tertiary/aromatic N) is 6. The smallest absolute Gasteiger partial charge is 0.222 e. The zero-order valence-electron chi connectivity index (χ0n) is 23.8. The van der Waals surface area contributed by atoms with Crippen LogP contribution in [-0.2, 0) is 4.57 Å². The number of aromatic nitrogens is 2. The predicted octanol–water partition coefficient (Wildman–Crippen LogP) is 4.65. The summed E-state index contributed by atoms with van der Waals surface area (Å²) in [5, 5.41) is 1.15. The van der Waals surface area contributed by atoms with Crippen molar-refractivity contribution in [2.24, 2.45) is 0 Å². The first kappa shape index (κ1) is 28.7. The van der Waals surface area contributed by atoms with E-state index in [4.69, 9.17) is 22.1 Å². The summed E-state index contributed by atoms with van der Waals surface area (Å²) in [6.07, 6.45) is 3.81. The molecule has 214 valence electrons. The largest absolute Gasteiger partial charge is 0.494 e. The van der Waals surface area contributed by atoms with Gasteiger partial charge in [0.25, 0.3) is 0 Å². The highest BCUT2D eigenvalue weighted by Gasteiger charge is 2.28. The Labute approximate surface area is 242 Å². The Kier molecular flexibility index (Phi) is 8.57. The van der Waals surface area contributed by atoms with Crippen LogP contribution in [0, 0.1) is 0 Å². The highest BCUT2D eigenvalue weighted by atomic mass is 35.5. The van der Waals surface area contributed by atoms with Crippen LogP contribution in [-0.4, -0.2) is 92.6 Å². The van der Waals surface area contributed by atoms with E-state index < -0.39 is 7.14 Å². The molecule has 2 N–H and O–H groups in total. The maximum absolute atomic E-state index is 12.6. The quantitative estimate of drug-likeness (QED) is 0.399. The molecule has 9 nitrogen and oxygen atoms in total. The SMILES string of the molecule is COc1cc(N2CCC(N3CCN(C)CC3)CC2)ccc1N(c1ccc(P(C)(C)=O)cc1)c1nc(N)ncc1Cl. The van der Waals surface area contributed by atoms with Gasteiger partial charge in [-0.3, -0.25) is 9.80 Å². The molecule has 0 unspecified atom stereocenters. The number of piperazine rings is 1. The van der Waals surface area contributed by atoms with Crippen LogP contribution in [0.15, 0.2) is 48.7 Å². The standard InChI is InChI=1S/C29H39ClN7O2P/c1-34-15-17-36(18-16-34)21-11-13-35(14-12-21)23-7-10-26(27(19-23)39-2)37(28-25(30)20-32-29(31)33-28)22-5-8-24(9-6-22)40(3,4)38/h5-10,19-21H,11-18H2,1-4H3,(H2,31,32,33). The zero-order valence-corrected chi connectivity index (χ0v) is 25.4. The normalized spacial score (nSPS) is 17.7. The number of rotatable bonds is 7. The zero-order chi connectivity index (χ0) is 28.4. The summed E-state index contributed by atoms with van der Waals surface area (Å²) in [6.45, 7) is 10.1. The van der Waals surface area contributed by atoms with Crippen molar-refractivity contribution >= 4 is 52.9 Å². The Morgan fingerprint density at radius 1 is 1.02 bits per heavy atom. The van der Waals surface area contributed by atoms with Crippen molar-refractivity contribution in [1.29, 1.82) is 0 Å². The molecule has 2 saturated heterocycles. The molecule has 0 saturated carbocycles. The van der Waals surface area contributed by atoms with Gasteiger partial charge in [0.05, 0.1) is 19.0 Å². The van der Waals surface area contributed by atoms with Crippen LogP contribution in [0.2, 0.25) is 5.02 Å². The van der Waals surface area contributed by atoms with Gasteiger partial charge in [-0.2, -0.15) is 4.98 Å². The summed E-state index contributed by atoms with van der Waals surface area (Å²) in [4.78, 5) is 17.9. The molecule has 5 rings (SSSR count). The van der Waals surface area contributed by atoms with Gasteiger partial charge in [-0.1, -0.05) is 11.6 Å². The lowest BCUT2D eigenvalue weighted by Gasteiger charge is -2.42. The average Bonchev–Trinajstić information content (AvgIpc) is 2.95. The highest BCUT2D eigenvalue weighted by molar-refractivity contribution is 7.70. The van der Waals surface area contributed by atoms with Crippen LogP contribution in [0.5, 0.6) is 5.75 Å². The lowest BCUT2D eigenvalue weighted by molar-refractivity contribution is 0.0982. The van der Waals surface area contributed by atoms with E-state index in [0.29, 0.717) is 22.6 Å². The van der Waals surface area contributed by atoms with Crippen molar-refractivity contribution in [3.63, 3.8) is 0 Å². The lowest BCUT2D eigenvalue weighted by Crippen LogP contribution is -2.52. The number of methoxy groups -OCH3 is 1. The fourth-order valence-electron chi connectivity index (χ4n) is 5.59. The third-order valence-electron chi connectivity index (χ3n) is 7.97. The fraction of sp³-hybridized carbons (Fsp3) is 0.448. The first-order valence-electron chi connectivity index (χ1n) is 13.7. The molecule has 40 heavy (non-hydrogen) atoms. The van der Waals surface area contributed by atoms with Crippen LogP contribution in [0.25, 0.3) is 0 Å². The van der Waals surface area contributed by atoms with Crippen LogP contribution >= 0.6 is 18.7 Å². The number of benzene rings is 2. The van der Waals surface area contributed by atoms with Crippen LogP contribution < -0.4 is 25.6 Å². The maximum atomic E-state index is 12.6. The van der Waals surface area contributed by atoms with Crippen molar-refractivity contribution in [2.45, 2.75) is 18.9 Å². The summed E-state index contributed by atoms with van der Waals surface area (Å²) in [5.74, 6) is 1.25. The molecule has 0 amide bonds. The van der Waals surface area contributed by atoms with Gasteiger partial charge in [-0.15, -0.1) is 0 Å². The Morgan fingerprint density at radius 2 is 1.70 bits per heavy atom. The van der Waals surface area contributed by atoms with E-state index >= 15 is 0 Å². The number of nitrogens with two attached hydrogens (primary N) is 1. The van der Waals surface area contributed by atoms with Crippen LogP contribution in [0.4, 0.5) is 28.8 Å². The van der Waals surface area contributed by atoms with E-state index in [-0.39, 0.29) is 5.95 Å². The molecule has 2 aliphatic rings. The van der Waals surface area contributed by atoms with Crippen molar-refractivity contribution in [3.05, 3.63) is 53.7 Å². The summed E-state index contributed by atoms with van der Waals surface area (Å²) in [5.41, 5.74) is 8.66. The van der Waals surface area contributed by atoms with Gasteiger partial charge in [-0.25, -0.2) is 4.98 Å². The molecular weight excluding hydrogens is 545 g/mol. The topological polar surface area (TPSA) is 91.1 Å². The third kappa shape index (κ3) is 6.23. The average molecular weight is 584 g/mol. The summed E-state index contributed by atoms with van der Waals surface area (Å²) < 4.78 is 18.6. The number of piperidine rings is 1. The summed E-state index contributed by atoms with van der Waals surface area (Å²) in [6, 6.07) is 14.5. The van der Waals surface area contributed by atoms with E-state index in [9.17, 15) is 4.57 Å². The van der Waals surface area contributed by atoms with Crippen molar-refractivity contribution in [1.82, 2.24) is 19.8 Å². The number of hydrogen-bond donors (Lipinski definition) is 1. The summed E-state index contributed by atoms with van der Waals surface area (Å²) >= 11 is 6.61. The Hall–Kier alpha value is -2.84. The molecule has 0 radical (unpaired) electrons. The third-order valence-corrected chi connectivity index (χ3v) is 9.78. The van der Waals surface area contributed by atoms with Crippen LogP contribution in [0.1, 0.15) is 12.8 Å². The predicted molar refractivity (Wildman–Crippen MR) is 166 cm³/mol. The van der Waals surface area contributed by atoms with Gasteiger partial charge in [0, 0.05) is 68.1 Å². The number of hydrogen-bond acceptors (Lipinski definition) is 9. The second kappa shape index (κ2) is 12.0. The van der Waals surface area contributed by atoms with E-state index in [1.807, 2.05) is 35.2 Å². The number of anilines is 5. The molecule has 11 heteroatoms. The number of nitrogen functional groups attached to an aromatic ring is 1. The highest BCUT2D eigenvalue weighted by Crippen LogP contribution is 2.44. The van der Waals surface area contributed by atoms with Gasteiger partial charge >= 0.3 is 0 Å². The molecule has 0 aliphatic carbocycles. The van der Waals surface area contributed by atoms with E-state index in [1.54, 1.807) is 20.4 Å².